The van der Waals surface area contributed by atoms with Gasteiger partial charge in [-0.2, -0.15) is 4.98 Å². The van der Waals surface area contributed by atoms with Crippen LogP contribution in [0.15, 0.2) is 21.1 Å². The van der Waals surface area contributed by atoms with Gasteiger partial charge in [0.2, 0.25) is 5.89 Å². The standard InChI is InChI=1S/C14H17N3O4/c1-8(14-16-12(17-21-14)9-3-4-9)15-13(18)11-6-5-10(20-11)7-19-2/h5-6,8-9H,3-4,7H2,1-2H3,(H,15,18). The molecular formula is C14H17N3O4. The lowest BCUT2D eigenvalue weighted by atomic mass is 10.3. The fourth-order valence-corrected chi connectivity index (χ4v) is 1.98. The van der Waals surface area contributed by atoms with E-state index in [0.29, 0.717) is 24.2 Å². The van der Waals surface area contributed by atoms with Gasteiger partial charge < -0.3 is 19.0 Å². The average Bonchev–Trinajstić information content (AvgIpc) is 3.02. The Bertz CT molecular complexity index is 630. The molecule has 1 aliphatic rings. The third kappa shape index (κ3) is 3.13. The normalized spacial score (nSPS) is 15.9. The van der Waals surface area contributed by atoms with Crippen LogP contribution >= 0.6 is 0 Å². The number of amides is 1. The van der Waals surface area contributed by atoms with Crippen molar-refractivity contribution in [1.29, 1.82) is 0 Å². The van der Waals surface area contributed by atoms with Crippen molar-refractivity contribution in [3.8, 4) is 0 Å². The van der Waals surface area contributed by atoms with E-state index in [2.05, 4.69) is 15.5 Å². The summed E-state index contributed by atoms with van der Waals surface area (Å²) in [5.74, 6) is 2.07. The molecule has 0 saturated heterocycles. The van der Waals surface area contributed by atoms with E-state index in [0.717, 1.165) is 18.7 Å². The molecule has 1 saturated carbocycles. The van der Waals surface area contributed by atoms with E-state index >= 15 is 0 Å². The topological polar surface area (TPSA) is 90.4 Å². The van der Waals surface area contributed by atoms with Crippen molar-refractivity contribution in [3.63, 3.8) is 0 Å². The highest BCUT2D eigenvalue weighted by Crippen LogP contribution is 2.38. The summed E-state index contributed by atoms with van der Waals surface area (Å²) in [7, 11) is 1.57. The van der Waals surface area contributed by atoms with Crippen LogP contribution in [0.1, 0.15) is 59.8 Å². The molecule has 0 aliphatic heterocycles. The molecule has 0 radical (unpaired) electrons. The zero-order valence-corrected chi connectivity index (χ0v) is 12.0. The monoisotopic (exact) mass is 291 g/mol. The highest BCUT2D eigenvalue weighted by Gasteiger charge is 2.30. The molecule has 2 aromatic rings. The first kappa shape index (κ1) is 13.8. The predicted octanol–water partition coefficient (Wildman–Crippen LogP) is 2.18. The smallest absolute Gasteiger partial charge is 0.287 e. The fourth-order valence-electron chi connectivity index (χ4n) is 1.98. The van der Waals surface area contributed by atoms with Crippen molar-refractivity contribution in [1.82, 2.24) is 15.5 Å². The lowest BCUT2D eigenvalue weighted by Gasteiger charge is -2.07. The molecule has 7 heteroatoms. The van der Waals surface area contributed by atoms with Gasteiger partial charge in [0.25, 0.3) is 5.91 Å². The van der Waals surface area contributed by atoms with E-state index in [1.165, 1.54) is 0 Å². The highest BCUT2D eigenvalue weighted by atomic mass is 16.5. The van der Waals surface area contributed by atoms with Gasteiger partial charge in [-0.1, -0.05) is 5.16 Å². The van der Waals surface area contributed by atoms with Crippen molar-refractivity contribution >= 4 is 5.91 Å². The van der Waals surface area contributed by atoms with Crippen LogP contribution in [0.3, 0.4) is 0 Å². The van der Waals surface area contributed by atoms with E-state index in [1.807, 2.05) is 0 Å². The minimum Gasteiger partial charge on any atom is -0.453 e. The number of ether oxygens (including phenoxy) is 1. The number of nitrogens with zero attached hydrogens (tertiary/aromatic N) is 2. The van der Waals surface area contributed by atoms with E-state index in [9.17, 15) is 4.79 Å². The van der Waals surface area contributed by atoms with Gasteiger partial charge in [-0.3, -0.25) is 4.79 Å². The second-order valence-electron chi connectivity index (χ2n) is 5.16. The second-order valence-corrected chi connectivity index (χ2v) is 5.16. The number of carbonyl (C=O) groups excluding carboxylic acids is 1. The Morgan fingerprint density at radius 2 is 2.33 bits per heavy atom. The summed E-state index contributed by atoms with van der Waals surface area (Å²) in [5, 5.41) is 6.70. The summed E-state index contributed by atoms with van der Waals surface area (Å²) in [6.07, 6.45) is 2.21. The van der Waals surface area contributed by atoms with Crippen molar-refractivity contribution in [2.24, 2.45) is 0 Å². The van der Waals surface area contributed by atoms with E-state index < -0.39 is 0 Å². The first-order valence-electron chi connectivity index (χ1n) is 6.89. The van der Waals surface area contributed by atoms with Gasteiger partial charge in [-0.15, -0.1) is 0 Å². The maximum absolute atomic E-state index is 12.1. The van der Waals surface area contributed by atoms with Crippen LogP contribution < -0.4 is 5.32 Å². The summed E-state index contributed by atoms with van der Waals surface area (Å²) < 4.78 is 15.5. The SMILES string of the molecule is COCc1ccc(C(=O)NC(C)c2nc(C3CC3)no2)o1. The predicted molar refractivity (Wildman–Crippen MR) is 71.6 cm³/mol. The molecule has 112 valence electrons. The third-order valence-electron chi connectivity index (χ3n) is 3.29. The first-order chi connectivity index (χ1) is 10.2. The molecule has 1 atom stereocenters. The quantitative estimate of drug-likeness (QED) is 0.877. The van der Waals surface area contributed by atoms with Gasteiger partial charge in [0.05, 0.1) is 0 Å². The summed E-state index contributed by atoms with van der Waals surface area (Å²) in [4.78, 5) is 16.4. The van der Waals surface area contributed by atoms with Gasteiger partial charge in [-0.25, -0.2) is 0 Å². The molecule has 0 bridgehead atoms. The first-order valence-corrected chi connectivity index (χ1v) is 6.89. The molecule has 1 amide bonds. The Kier molecular flexibility index (Phi) is 3.74. The Morgan fingerprint density at radius 3 is 3.05 bits per heavy atom. The minimum atomic E-state index is -0.367. The molecule has 1 fully saturated rings. The largest absolute Gasteiger partial charge is 0.453 e. The van der Waals surface area contributed by atoms with E-state index in [-0.39, 0.29) is 17.7 Å². The average molecular weight is 291 g/mol. The number of furan rings is 1. The number of nitrogens with one attached hydrogen (secondary N) is 1. The molecule has 1 N–H and O–H groups in total. The Hall–Kier alpha value is -2.15. The lowest BCUT2D eigenvalue weighted by Crippen LogP contribution is -2.26. The van der Waals surface area contributed by atoms with Crippen LogP contribution in [0.2, 0.25) is 0 Å². The van der Waals surface area contributed by atoms with Crippen LogP contribution in [0, 0.1) is 0 Å². The van der Waals surface area contributed by atoms with Gasteiger partial charge in [0.1, 0.15) is 18.4 Å². The molecule has 7 nitrogen and oxygen atoms in total. The number of carbonyl (C=O) groups is 1. The maximum Gasteiger partial charge on any atom is 0.287 e. The number of hydrogen-bond donors (Lipinski definition) is 1. The molecule has 0 aromatic carbocycles. The van der Waals surface area contributed by atoms with Crippen LogP contribution in [0.25, 0.3) is 0 Å². The highest BCUT2D eigenvalue weighted by molar-refractivity contribution is 5.91. The van der Waals surface area contributed by atoms with Crippen LogP contribution in [-0.4, -0.2) is 23.2 Å². The Balaban J connectivity index is 1.62. The number of hydrogen-bond acceptors (Lipinski definition) is 6. The van der Waals surface area contributed by atoms with Gasteiger partial charge in [-0.05, 0) is 31.9 Å². The summed E-state index contributed by atoms with van der Waals surface area (Å²) in [6.45, 7) is 2.12. The van der Waals surface area contributed by atoms with Crippen molar-refractivity contribution in [3.05, 3.63) is 35.4 Å². The summed E-state index contributed by atoms with van der Waals surface area (Å²) >= 11 is 0. The number of rotatable bonds is 6. The zero-order valence-electron chi connectivity index (χ0n) is 12.0. The summed E-state index contributed by atoms with van der Waals surface area (Å²) in [5.41, 5.74) is 0. The van der Waals surface area contributed by atoms with Crippen LogP contribution in [-0.2, 0) is 11.3 Å². The minimum absolute atomic E-state index is 0.232. The number of methoxy groups -OCH3 is 1. The van der Waals surface area contributed by atoms with Crippen LogP contribution in [0.5, 0.6) is 0 Å². The van der Waals surface area contributed by atoms with Crippen molar-refractivity contribution in [2.75, 3.05) is 7.11 Å². The third-order valence-corrected chi connectivity index (χ3v) is 3.29. The van der Waals surface area contributed by atoms with Crippen molar-refractivity contribution < 1.29 is 18.5 Å². The van der Waals surface area contributed by atoms with Crippen LogP contribution in [0.4, 0.5) is 0 Å². The Morgan fingerprint density at radius 1 is 1.52 bits per heavy atom. The van der Waals surface area contributed by atoms with Gasteiger partial charge in [0, 0.05) is 13.0 Å². The molecule has 1 unspecified atom stereocenters. The molecular weight excluding hydrogens is 274 g/mol. The molecule has 21 heavy (non-hydrogen) atoms. The van der Waals surface area contributed by atoms with Gasteiger partial charge >= 0.3 is 0 Å². The van der Waals surface area contributed by atoms with Crippen molar-refractivity contribution in [2.45, 2.75) is 38.3 Å². The molecule has 2 heterocycles. The molecule has 0 spiro atoms. The molecule has 2 aromatic heterocycles. The number of aromatic nitrogens is 2. The van der Waals surface area contributed by atoms with E-state index in [1.54, 1.807) is 26.2 Å². The fraction of sp³-hybridized carbons (Fsp3) is 0.500. The molecule has 3 rings (SSSR count). The van der Waals surface area contributed by atoms with E-state index in [4.69, 9.17) is 13.7 Å². The van der Waals surface area contributed by atoms with Gasteiger partial charge in [0.15, 0.2) is 11.6 Å². The lowest BCUT2D eigenvalue weighted by molar-refractivity contribution is 0.0896. The summed E-state index contributed by atoms with van der Waals surface area (Å²) in [6, 6.07) is 2.95. The Labute approximate surface area is 121 Å². The molecule has 1 aliphatic carbocycles. The zero-order chi connectivity index (χ0) is 14.8. The maximum atomic E-state index is 12.1. The second kappa shape index (κ2) is 5.69.